The minimum atomic E-state index is -0.844. The molecule has 7 nitrogen and oxygen atoms in total. The molecule has 0 amide bonds. The van der Waals surface area contributed by atoms with E-state index in [0.717, 1.165) is 16.9 Å². The van der Waals surface area contributed by atoms with Crippen molar-refractivity contribution in [3.63, 3.8) is 0 Å². The van der Waals surface area contributed by atoms with Crippen molar-refractivity contribution in [1.82, 2.24) is 4.90 Å². The van der Waals surface area contributed by atoms with Gasteiger partial charge in [0, 0.05) is 12.7 Å². The van der Waals surface area contributed by atoms with Crippen LogP contribution in [0.25, 0.3) is 0 Å². The average Bonchev–Trinajstić information content (AvgIpc) is 3.15. The number of rotatable bonds is 4. The number of methoxy groups -OCH3 is 1. The second kappa shape index (κ2) is 7.47. The van der Waals surface area contributed by atoms with Gasteiger partial charge >= 0.3 is 11.9 Å². The molecule has 1 aromatic rings. The number of carbonyl (C=O) groups excluding carboxylic acids is 2. The molecule has 1 aromatic carbocycles. The highest BCUT2D eigenvalue weighted by Crippen LogP contribution is 2.58. The first-order valence-electron chi connectivity index (χ1n) is 8.37. The molecular weight excluding hydrogens is 386 g/mol. The standard InChI is InChI=1S/C18H21N3O4S2/c1-6-25-16(22)14-12(3)20(4)18(26-14)21(13-9-7-8-11(2)10-13)19-15(27-18)17(23)24-5/h7-10H,6H2,1-5H3/t18-/m1/s1. The maximum Gasteiger partial charge on any atom is 0.365 e. The third kappa shape index (κ3) is 3.29. The Bertz CT molecular complexity index is 855. The van der Waals surface area contributed by atoms with E-state index in [-0.39, 0.29) is 11.0 Å². The molecule has 2 aliphatic heterocycles. The maximum absolute atomic E-state index is 12.4. The molecule has 27 heavy (non-hydrogen) atoms. The van der Waals surface area contributed by atoms with Gasteiger partial charge in [-0.2, -0.15) is 5.10 Å². The molecular formula is C18H21N3O4S2. The number of hydrogen-bond donors (Lipinski definition) is 0. The largest absolute Gasteiger partial charge is 0.464 e. The monoisotopic (exact) mass is 407 g/mol. The zero-order chi connectivity index (χ0) is 19.8. The Kier molecular flexibility index (Phi) is 5.43. The summed E-state index contributed by atoms with van der Waals surface area (Å²) in [6.45, 7) is 5.92. The van der Waals surface area contributed by atoms with Crippen molar-refractivity contribution in [3.8, 4) is 0 Å². The Balaban J connectivity index is 2.05. The zero-order valence-corrected chi connectivity index (χ0v) is 17.4. The predicted octanol–water partition coefficient (Wildman–Crippen LogP) is 3.12. The molecule has 0 N–H and O–H groups in total. The maximum atomic E-state index is 12.4. The van der Waals surface area contributed by atoms with E-state index in [2.05, 4.69) is 5.10 Å². The van der Waals surface area contributed by atoms with Crippen LogP contribution in [0.5, 0.6) is 0 Å². The Morgan fingerprint density at radius 2 is 1.96 bits per heavy atom. The quantitative estimate of drug-likeness (QED) is 0.705. The van der Waals surface area contributed by atoms with Gasteiger partial charge in [0.05, 0.1) is 19.4 Å². The van der Waals surface area contributed by atoms with Gasteiger partial charge in [0.1, 0.15) is 4.91 Å². The fourth-order valence-electron chi connectivity index (χ4n) is 2.79. The molecule has 2 aliphatic rings. The number of thioether (sulfide) groups is 2. The van der Waals surface area contributed by atoms with Crippen molar-refractivity contribution in [3.05, 3.63) is 40.4 Å². The number of aryl methyl sites for hydroxylation is 1. The van der Waals surface area contributed by atoms with Gasteiger partial charge in [-0.3, -0.25) is 0 Å². The fourth-order valence-corrected chi connectivity index (χ4v) is 5.69. The summed E-state index contributed by atoms with van der Waals surface area (Å²) in [6.07, 6.45) is 0. The fraction of sp³-hybridized carbons (Fsp3) is 0.389. The van der Waals surface area contributed by atoms with E-state index in [9.17, 15) is 9.59 Å². The Labute approximate surface area is 166 Å². The summed E-state index contributed by atoms with van der Waals surface area (Å²) >= 11 is 2.58. The zero-order valence-electron chi connectivity index (χ0n) is 15.8. The number of ether oxygens (including phenoxy) is 2. The van der Waals surface area contributed by atoms with Crippen LogP contribution in [-0.4, -0.2) is 47.0 Å². The third-order valence-corrected chi connectivity index (χ3v) is 7.28. The van der Waals surface area contributed by atoms with E-state index in [1.165, 1.54) is 30.6 Å². The number of nitrogens with zero attached hydrogens (tertiary/aromatic N) is 3. The van der Waals surface area contributed by atoms with Crippen LogP contribution in [-0.2, 0) is 19.1 Å². The van der Waals surface area contributed by atoms with Crippen molar-refractivity contribution in [2.24, 2.45) is 5.10 Å². The molecule has 0 saturated heterocycles. The molecule has 1 spiro atoms. The Hall–Kier alpha value is -2.13. The van der Waals surface area contributed by atoms with Crippen LogP contribution in [0.3, 0.4) is 0 Å². The van der Waals surface area contributed by atoms with Gasteiger partial charge in [0.2, 0.25) is 9.37 Å². The number of carbonyl (C=O) groups is 2. The van der Waals surface area contributed by atoms with Crippen LogP contribution in [0.2, 0.25) is 0 Å². The molecule has 0 saturated carbocycles. The topological polar surface area (TPSA) is 71.4 Å². The van der Waals surface area contributed by atoms with E-state index in [1.54, 1.807) is 11.9 Å². The second-order valence-electron chi connectivity index (χ2n) is 5.99. The van der Waals surface area contributed by atoms with Gasteiger partial charge in [-0.25, -0.2) is 14.6 Å². The molecule has 0 radical (unpaired) electrons. The van der Waals surface area contributed by atoms with Crippen LogP contribution >= 0.6 is 23.5 Å². The van der Waals surface area contributed by atoms with Crippen molar-refractivity contribution >= 4 is 46.2 Å². The summed E-state index contributed by atoms with van der Waals surface area (Å²) in [7, 11) is 3.20. The average molecular weight is 408 g/mol. The summed E-state index contributed by atoms with van der Waals surface area (Å²) in [5, 5.41) is 6.52. The molecule has 9 heteroatoms. The number of hydrazone groups is 1. The van der Waals surface area contributed by atoms with E-state index in [0.29, 0.717) is 11.5 Å². The van der Waals surface area contributed by atoms with Crippen molar-refractivity contribution < 1.29 is 19.1 Å². The molecule has 0 bridgehead atoms. The highest BCUT2D eigenvalue weighted by atomic mass is 32.2. The van der Waals surface area contributed by atoms with Gasteiger partial charge in [-0.15, -0.1) is 0 Å². The lowest BCUT2D eigenvalue weighted by atomic mass is 10.2. The SMILES string of the molecule is CCOC(=O)C1=C(C)N(C)[C@]2(SC(C(=O)OC)=NN2c2cccc(C)c2)S1. The summed E-state index contributed by atoms with van der Waals surface area (Å²) in [5.41, 5.74) is 2.65. The van der Waals surface area contributed by atoms with Crippen LogP contribution in [0.1, 0.15) is 19.4 Å². The van der Waals surface area contributed by atoms with Gasteiger partial charge in [0.25, 0.3) is 0 Å². The molecule has 3 rings (SSSR count). The minimum Gasteiger partial charge on any atom is -0.464 e. The number of hydrogen-bond acceptors (Lipinski definition) is 9. The molecule has 0 fully saturated rings. The Morgan fingerprint density at radius 1 is 1.22 bits per heavy atom. The van der Waals surface area contributed by atoms with Crippen LogP contribution in [0.4, 0.5) is 5.69 Å². The lowest BCUT2D eigenvalue weighted by Crippen LogP contribution is -2.47. The number of benzene rings is 1. The van der Waals surface area contributed by atoms with Crippen molar-refractivity contribution in [2.45, 2.75) is 25.1 Å². The summed E-state index contributed by atoms with van der Waals surface area (Å²) in [5.74, 6) is -0.884. The van der Waals surface area contributed by atoms with E-state index in [4.69, 9.17) is 9.47 Å². The van der Waals surface area contributed by atoms with Crippen LogP contribution in [0, 0.1) is 6.92 Å². The molecule has 1 atom stereocenters. The molecule has 0 aliphatic carbocycles. The van der Waals surface area contributed by atoms with Crippen LogP contribution in [0.15, 0.2) is 40.0 Å². The smallest absolute Gasteiger partial charge is 0.365 e. The first-order chi connectivity index (χ1) is 12.8. The predicted molar refractivity (Wildman–Crippen MR) is 108 cm³/mol. The first-order valence-corrected chi connectivity index (χ1v) is 10.0. The Morgan fingerprint density at radius 3 is 2.59 bits per heavy atom. The molecule has 0 aromatic heterocycles. The lowest BCUT2D eigenvalue weighted by Gasteiger charge is -2.39. The van der Waals surface area contributed by atoms with Gasteiger partial charge in [0.15, 0.2) is 0 Å². The van der Waals surface area contributed by atoms with Gasteiger partial charge in [-0.1, -0.05) is 23.9 Å². The van der Waals surface area contributed by atoms with E-state index < -0.39 is 10.3 Å². The number of esters is 2. The highest BCUT2D eigenvalue weighted by Gasteiger charge is 2.56. The van der Waals surface area contributed by atoms with Gasteiger partial charge in [-0.05, 0) is 50.2 Å². The normalized spacial score (nSPS) is 21.7. The molecule has 2 heterocycles. The summed E-state index contributed by atoms with van der Waals surface area (Å²) < 4.78 is 9.23. The number of anilines is 1. The van der Waals surface area contributed by atoms with Crippen LogP contribution < -0.4 is 5.01 Å². The second-order valence-corrected chi connectivity index (χ2v) is 8.59. The minimum absolute atomic E-state index is 0.233. The van der Waals surface area contributed by atoms with E-state index in [1.807, 2.05) is 50.1 Å². The first kappa shape index (κ1) is 19.6. The summed E-state index contributed by atoms with van der Waals surface area (Å²) in [4.78, 5) is 27.0. The third-order valence-electron chi connectivity index (χ3n) is 4.25. The van der Waals surface area contributed by atoms with Crippen molar-refractivity contribution in [2.75, 3.05) is 25.8 Å². The van der Waals surface area contributed by atoms with E-state index >= 15 is 0 Å². The highest BCUT2D eigenvalue weighted by molar-refractivity contribution is 8.28. The lowest BCUT2D eigenvalue weighted by molar-refractivity contribution is -0.137. The molecule has 144 valence electrons. The molecule has 0 unspecified atom stereocenters. The summed E-state index contributed by atoms with van der Waals surface area (Å²) in [6, 6.07) is 7.83. The van der Waals surface area contributed by atoms with Gasteiger partial charge < -0.3 is 14.4 Å². The van der Waals surface area contributed by atoms with Crippen molar-refractivity contribution in [1.29, 1.82) is 0 Å². The number of allylic oxidation sites excluding steroid dienone is 1.